The van der Waals surface area contributed by atoms with E-state index < -0.39 is 6.10 Å². The first-order valence-electron chi connectivity index (χ1n) is 5.84. The van der Waals surface area contributed by atoms with Gasteiger partial charge in [-0.2, -0.15) is 5.10 Å². The van der Waals surface area contributed by atoms with Gasteiger partial charge < -0.3 is 27.0 Å². The molecule has 0 amide bonds. The maximum Gasteiger partial charge on any atom is 0.150 e. The zero-order valence-corrected chi connectivity index (χ0v) is 11.1. The van der Waals surface area contributed by atoms with Gasteiger partial charge in [-0.15, -0.1) is 0 Å². The Labute approximate surface area is 107 Å². The minimum Gasteiger partial charge on any atom is -0.401 e. The van der Waals surface area contributed by atoms with Crippen LogP contribution in [0.2, 0.25) is 0 Å². The maximum absolute atomic E-state index is 9.15. The Hall–Kier alpha value is -1.73. The summed E-state index contributed by atoms with van der Waals surface area (Å²) in [7, 11) is 0. The van der Waals surface area contributed by atoms with Crippen LogP contribution in [-0.2, 0) is 0 Å². The minimum absolute atomic E-state index is 0.206. The van der Waals surface area contributed by atoms with Crippen LogP contribution in [0.5, 0.6) is 0 Å². The molecule has 0 radical (unpaired) electrons. The maximum atomic E-state index is 9.15. The molecule has 0 aromatic carbocycles. The Bertz CT molecular complexity index is 372. The van der Waals surface area contributed by atoms with E-state index in [0.717, 1.165) is 0 Å². The zero-order valence-electron chi connectivity index (χ0n) is 11.1. The van der Waals surface area contributed by atoms with Crippen LogP contribution < -0.4 is 16.8 Å². The molecule has 1 heterocycles. The molecule has 0 aliphatic heterocycles. The van der Waals surface area contributed by atoms with Crippen molar-refractivity contribution in [3.8, 4) is 0 Å². The highest BCUT2D eigenvalue weighted by molar-refractivity contribution is 5.63. The van der Waals surface area contributed by atoms with Gasteiger partial charge in [-0.1, -0.05) is 13.8 Å². The lowest BCUT2D eigenvalue weighted by Crippen LogP contribution is -2.23. The number of allylic oxidation sites excluding steroid dienone is 1. The molecule has 0 saturated carbocycles. The molecule has 18 heavy (non-hydrogen) atoms. The van der Waals surface area contributed by atoms with E-state index in [1.54, 1.807) is 13.1 Å². The fourth-order valence-corrected chi connectivity index (χ4v) is 1.10. The first kappa shape index (κ1) is 16.3. The molecular weight excluding hydrogens is 234 g/mol. The third kappa shape index (κ3) is 5.07. The molecule has 0 saturated heterocycles. The van der Waals surface area contributed by atoms with E-state index >= 15 is 0 Å². The predicted octanol–water partition coefficient (Wildman–Crippen LogP) is 0.0336. The number of nitrogen functional groups attached to an aromatic ring is 1. The summed E-state index contributed by atoms with van der Waals surface area (Å²) >= 11 is 0. The molecule has 7 N–H and O–H groups in total. The first-order valence-corrected chi connectivity index (χ1v) is 5.84. The van der Waals surface area contributed by atoms with E-state index in [9.17, 15) is 0 Å². The molecule has 1 rings (SSSR count). The van der Waals surface area contributed by atoms with Gasteiger partial charge >= 0.3 is 0 Å². The van der Waals surface area contributed by atoms with Crippen molar-refractivity contribution in [2.45, 2.75) is 26.9 Å². The molecule has 104 valence electrons. The normalized spacial score (nSPS) is 12.6. The summed E-state index contributed by atoms with van der Waals surface area (Å²) in [5.74, 6) is 0.398. The van der Waals surface area contributed by atoms with Crippen molar-refractivity contribution in [2.75, 3.05) is 24.2 Å². The monoisotopic (exact) mass is 257 g/mol. The van der Waals surface area contributed by atoms with Crippen molar-refractivity contribution in [2.24, 2.45) is 5.73 Å². The molecule has 1 aromatic heterocycles. The summed E-state index contributed by atoms with van der Waals surface area (Å²) in [4.78, 5) is 0. The quantitative estimate of drug-likeness (QED) is 0.507. The van der Waals surface area contributed by atoms with Crippen LogP contribution in [0, 0.1) is 0 Å². The van der Waals surface area contributed by atoms with E-state index in [1.165, 1.54) is 10.9 Å². The molecule has 1 atom stereocenters. The van der Waals surface area contributed by atoms with Crippen LogP contribution in [0.3, 0.4) is 0 Å². The van der Waals surface area contributed by atoms with E-state index in [-0.39, 0.29) is 13.2 Å². The summed E-state index contributed by atoms with van der Waals surface area (Å²) < 4.78 is 1.43. The molecule has 7 nitrogen and oxygen atoms in total. The third-order valence-corrected chi connectivity index (χ3v) is 1.90. The second kappa shape index (κ2) is 8.37. The van der Waals surface area contributed by atoms with Crippen LogP contribution in [0.1, 0.15) is 20.8 Å². The van der Waals surface area contributed by atoms with Gasteiger partial charge in [0.05, 0.1) is 24.6 Å². The number of hydrogen-bond acceptors (Lipinski definition) is 6. The van der Waals surface area contributed by atoms with Crippen LogP contribution in [0.25, 0.3) is 6.20 Å². The summed E-state index contributed by atoms with van der Waals surface area (Å²) in [6.45, 7) is 5.63. The highest BCUT2D eigenvalue weighted by Gasteiger charge is 2.07. The van der Waals surface area contributed by atoms with Crippen molar-refractivity contribution in [3.05, 3.63) is 11.9 Å². The van der Waals surface area contributed by atoms with Crippen LogP contribution >= 0.6 is 0 Å². The van der Waals surface area contributed by atoms with Gasteiger partial charge in [0.25, 0.3) is 0 Å². The van der Waals surface area contributed by atoms with Crippen molar-refractivity contribution in [3.63, 3.8) is 0 Å². The molecule has 1 unspecified atom stereocenters. The molecule has 0 aliphatic rings. The zero-order chi connectivity index (χ0) is 14.1. The van der Waals surface area contributed by atoms with Gasteiger partial charge in [0.15, 0.2) is 0 Å². The average molecular weight is 257 g/mol. The lowest BCUT2D eigenvalue weighted by Gasteiger charge is -2.09. The summed E-state index contributed by atoms with van der Waals surface area (Å²) in [6, 6.07) is 0. The number of aromatic nitrogens is 2. The summed E-state index contributed by atoms with van der Waals surface area (Å²) in [5, 5.41) is 24.6. The Balaban J connectivity index is 0.00000137. The molecule has 1 aromatic rings. The van der Waals surface area contributed by atoms with Crippen molar-refractivity contribution >= 4 is 17.7 Å². The Kier molecular flexibility index (Phi) is 7.57. The molecular formula is C11H23N5O2. The minimum atomic E-state index is -0.825. The lowest BCUT2D eigenvalue weighted by atomic mass is 10.3. The summed E-state index contributed by atoms with van der Waals surface area (Å²) in [5.41, 5.74) is 12.4. The molecule has 0 aliphatic carbocycles. The molecule has 0 spiro atoms. The number of hydrogen-bond donors (Lipinski definition) is 5. The number of nitrogens with one attached hydrogen (secondary N) is 1. The smallest absolute Gasteiger partial charge is 0.150 e. The van der Waals surface area contributed by atoms with Crippen molar-refractivity contribution in [1.29, 1.82) is 0 Å². The molecule has 7 heteroatoms. The number of anilines is 2. The van der Waals surface area contributed by atoms with Gasteiger partial charge in [-0.3, -0.25) is 0 Å². The van der Waals surface area contributed by atoms with E-state index in [1.807, 2.05) is 13.8 Å². The first-order chi connectivity index (χ1) is 8.54. The van der Waals surface area contributed by atoms with Gasteiger partial charge in [0.2, 0.25) is 0 Å². The second-order valence-corrected chi connectivity index (χ2v) is 3.48. The highest BCUT2D eigenvalue weighted by atomic mass is 16.3. The Morgan fingerprint density at radius 1 is 1.61 bits per heavy atom. The number of aliphatic hydroxyl groups excluding tert-OH is 2. The predicted molar refractivity (Wildman–Crippen MR) is 73.7 cm³/mol. The standard InChI is InChI=1S/C9H17N5O2.C2H6/c1-6(10)4-14-9(11)8(3-13-14)12-2-7(16)5-15;1-2/h3-4,7,12,15-16H,2,5,10-11H2,1H3;1-2H3/b6-4-;. The fourth-order valence-electron chi connectivity index (χ4n) is 1.10. The molecule has 0 fully saturated rings. The van der Waals surface area contributed by atoms with Gasteiger partial charge in [-0.25, -0.2) is 4.68 Å². The van der Waals surface area contributed by atoms with Crippen molar-refractivity contribution in [1.82, 2.24) is 9.78 Å². The van der Waals surface area contributed by atoms with E-state index in [2.05, 4.69) is 10.4 Å². The van der Waals surface area contributed by atoms with Gasteiger partial charge in [0.1, 0.15) is 5.82 Å². The number of rotatable bonds is 5. The average Bonchev–Trinajstić information content (AvgIpc) is 2.70. The highest BCUT2D eigenvalue weighted by Crippen LogP contribution is 2.17. The largest absolute Gasteiger partial charge is 0.401 e. The SMILES string of the molecule is C/C(N)=C/n1ncc(NCC(O)CO)c1N.CC. The second-order valence-electron chi connectivity index (χ2n) is 3.48. The Morgan fingerprint density at radius 3 is 2.72 bits per heavy atom. The third-order valence-electron chi connectivity index (χ3n) is 1.90. The number of aliphatic hydroxyl groups is 2. The van der Waals surface area contributed by atoms with Crippen LogP contribution in [-0.4, -0.2) is 39.2 Å². The van der Waals surface area contributed by atoms with Crippen LogP contribution in [0.15, 0.2) is 11.9 Å². The van der Waals surface area contributed by atoms with Gasteiger partial charge in [0, 0.05) is 18.4 Å². The van der Waals surface area contributed by atoms with Gasteiger partial charge in [-0.05, 0) is 6.92 Å². The molecule has 0 bridgehead atoms. The lowest BCUT2D eigenvalue weighted by molar-refractivity contribution is 0.105. The number of nitrogens with zero attached hydrogens (tertiary/aromatic N) is 2. The Morgan fingerprint density at radius 2 is 2.22 bits per heavy atom. The van der Waals surface area contributed by atoms with Crippen LogP contribution in [0.4, 0.5) is 11.5 Å². The topological polar surface area (TPSA) is 122 Å². The van der Waals surface area contributed by atoms with E-state index in [4.69, 9.17) is 21.7 Å². The number of nitrogens with two attached hydrogens (primary N) is 2. The summed E-state index contributed by atoms with van der Waals surface area (Å²) in [6.07, 6.45) is 2.29. The van der Waals surface area contributed by atoms with E-state index in [0.29, 0.717) is 17.2 Å². The van der Waals surface area contributed by atoms with Crippen molar-refractivity contribution < 1.29 is 10.2 Å². The fraction of sp³-hybridized carbons (Fsp3) is 0.545.